The molecule has 170 valence electrons. The topological polar surface area (TPSA) is 116 Å². The first-order valence-electron chi connectivity index (χ1n) is 10.9. The van der Waals surface area contributed by atoms with E-state index in [4.69, 9.17) is 9.47 Å². The number of ketones is 1. The molecule has 0 radical (unpaired) electrons. The molecule has 2 rings (SSSR count). The fraction of sp³-hybridized carbons (Fsp3) is 0.591. The first kappa shape index (κ1) is 24.3. The van der Waals surface area contributed by atoms with Gasteiger partial charge < -0.3 is 14.6 Å². The summed E-state index contributed by atoms with van der Waals surface area (Å²) in [4.78, 5) is 24.5. The smallest absolute Gasteiger partial charge is 0.305 e. The van der Waals surface area contributed by atoms with Crippen LogP contribution in [0.3, 0.4) is 0 Å². The Hall–Kier alpha value is -2.97. The standard InChI is InChI=1S/C22H32N4O5/c1-4-9-18-19(13-12-17(16(3)27)22(18)29)31-15-8-10-20-23-25-26(24-20)14-7-6-11-21(28)30-5-2/h12-13,29H,4-11,14-15H2,1-3H3. The molecule has 1 aromatic heterocycles. The summed E-state index contributed by atoms with van der Waals surface area (Å²) < 4.78 is 10.8. The van der Waals surface area contributed by atoms with Crippen molar-refractivity contribution in [1.82, 2.24) is 20.2 Å². The molecule has 9 heteroatoms. The summed E-state index contributed by atoms with van der Waals surface area (Å²) >= 11 is 0. The van der Waals surface area contributed by atoms with Gasteiger partial charge in [0.25, 0.3) is 0 Å². The maximum atomic E-state index is 11.6. The van der Waals surface area contributed by atoms with Crippen molar-refractivity contribution in [3.05, 3.63) is 29.1 Å². The van der Waals surface area contributed by atoms with Crippen LogP contribution in [0.5, 0.6) is 11.5 Å². The number of esters is 1. The van der Waals surface area contributed by atoms with Gasteiger partial charge >= 0.3 is 5.97 Å². The number of hydrogen-bond donors (Lipinski definition) is 1. The molecule has 0 aliphatic rings. The van der Waals surface area contributed by atoms with Crippen LogP contribution in [0, 0.1) is 0 Å². The predicted octanol–water partition coefficient (Wildman–Crippen LogP) is 3.28. The normalized spacial score (nSPS) is 10.8. The maximum absolute atomic E-state index is 11.6. The number of aromatic hydroxyl groups is 1. The Labute approximate surface area is 182 Å². The van der Waals surface area contributed by atoms with Gasteiger partial charge in [-0.25, -0.2) is 0 Å². The molecule has 1 aromatic carbocycles. The molecule has 0 unspecified atom stereocenters. The fourth-order valence-electron chi connectivity index (χ4n) is 3.17. The van der Waals surface area contributed by atoms with Crippen LogP contribution in [0.15, 0.2) is 12.1 Å². The van der Waals surface area contributed by atoms with Crippen molar-refractivity contribution in [3.8, 4) is 11.5 Å². The molecule has 0 bridgehead atoms. The molecule has 0 aliphatic heterocycles. The van der Waals surface area contributed by atoms with Gasteiger partial charge in [-0.05, 0) is 56.9 Å². The lowest BCUT2D eigenvalue weighted by molar-refractivity contribution is -0.143. The quantitative estimate of drug-likeness (QED) is 0.275. The summed E-state index contributed by atoms with van der Waals surface area (Å²) in [6.07, 6.45) is 4.66. The van der Waals surface area contributed by atoms with Crippen LogP contribution in [0.1, 0.15) is 74.6 Å². The number of Topliss-reactive ketones (excluding diaryl/α,β-unsaturated/α-hetero) is 1. The van der Waals surface area contributed by atoms with Crippen LogP contribution in [0.25, 0.3) is 0 Å². The van der Waals surface area contributed by atoms with Crippen LogP contribution < -0.4 is 4.74 Å². The van der Waals surface area contributed by atoms with E-state index in [0.29, 0.717) is 68.1 Å². The van der Waals surface area contributed by atoms with Gasteiger partial charge in [0.15, 0.2) is 11.6 Å². The Bertz CT molecular complexity index is 866. The molecule has 1 heterocycles. The number of unbranched alkanes of at least 4 members (excludes halogenated alkanes) is 1. The lowest BCUT2D eigenvalue weighted by Crippen LogP contribution is -2.07. The fourth-order valence-corrected chi connectivity index (χ4v) is 3.17. The molecule has 1 N–H and O–H groups in total. The lowest BCUT2D eigenvalue weighted by Gasteiger charge is -2.14. The molecule has 0 amide bonds. The van der Waals surface area contributed by atoms with Crippen LogP contribution in [-0.4, -0.2) is 50.3 Å². The number of aryl methyl sites for hydroxylation is 2. The van der Waals surface area contributed by atoms with E-state index in [1.807, 2.05) is 6.92 Å². The van der Waals surface area contributed by atoms with Gasteiger partial charge in [0.05, 0.1) is 25.3 Å². The molecule has 9 nitrogen and oxygen atoms in total. The second-order valence-corrected chi connectivity index (χ2v) is 7.26. The van der Waals surface area contributed by atoms with Gasteiger partial charge in [-0.15, -0.1) is 10.2 Å². The summed E-state index contributed by atoms with van der Waals surface area (Å²) in [7, 11) is 0. The van der Waals surface area contributed by atoms with Gasteiger partial charge in [-0.1, -0.05) is 13.3 Å². The SMILES string of the molecule is CCCc1c(OCCCc2nnn(CCCCC(=O)OCC)n2)ccc(C(C)=O)c1O. The number of rotatable bonds is 14. The summed E-state index contributed by atoms with van der Waals surface area (Å²) in [5.74, 6) is 0.900. The third-order valence-corrected chi connectivity index (χ3v) is 4.71. The van der Waals surface area contributed by atoms with E-state index in [1.165, 1.54) is 6.92 Å². The molecule has 0 atom stereocenters. The highest BCUT2D eigenvalue weighted by molar-refractivity contribution is 5.97. The van der Waals surface area contributed by atoms with E-state index in [1.54, 1.807) is 23.9 Å². The summed E-state index contributed by atoms with van der Waals surface area (Å²) in [6, 6.07) is 3.34. The number of phenols is 1. The van der Waals surface area contributed by atoms with Gasteiger partial charge in [-0.2, -0.15) is 4.80 Å². The van der Waals surface area contributed by atoms with E-state index in [0.717, 1.165) is 19.3 Å². The molecule has 2 aromatic rings. The number of benzene rings is 1. The minimum atomic E-state index is -0.180. The Kier molecular flexibility index (Phi) is 9.93. The minimum absolute atomic E-state index is 0.0133. The second kappa shape index (κ2) is 12.7. The Morgan fingerprint density at radius 2 is 1.94 bits per heavy atom. The summed E-state index contributed by atoms with van der Waals surface area (Å²) in [6.45, 7) is 6.68. The third kappa shape index (κ3) is 7.66. The first-order valence-corrected chi connectivity index (χ1v) is 10.9. The zero-order valence-electron chi connectivity index (χ0n) is 18.6. The third-order valence-electron chi connectivity index (χ3n) is 4.71. The van der Waals surface area contributed by atoms with E-state index in [-0.39, 0.29) is 17.5 Å². The van der Waals surface area contributed by atoms with Crippen molar-refractivity contribution in [3.63, 3.8) is 0 Å². The van der Waals surface area contributed by atoms with E-state index < -0.39 is 0 Å². The number of ether oxygens (including phenoxy) is 2. The first-order chi connectivity index (χ1) is 15.0. The molecule has 0 saturated carbocycles. The van der Waals surface area contributed by atoms with Crippen LogP contribution in [0.4, 0.5) is 0 Å². The monoisotopic (exact) mass is 432 g/mol. The highest BCUT2D eigenvalue weighted by Crippen LogP contribution is 2.33. The molecular formula is C22H32N4O5. The van der Waals surface area contributed by atoms with Crippen LogP contribution in [0.2, 0.25) is 0 Å². The van der Waals surface area contributed by atoms with Crippen LogP contribution in [-0.2, 0) is 28.9 Å². The van der Waals surface area contributed by atoms with Crippen molar-refractivity contribution in [2.75, 3.05) is 13.2 Å². The number of phenolic OH excluding ortho intramolecular Hbond substituents is 1. The average molecular weight is 433 g/mol. The molecule has 0 saturated heterocycles. The van der Waals surface area contributed by atoms with Crippen molar-refractivity contribution in [2.45, 2.75) is 72.3 Å². The van der Waals surface area contributed by atoms with E-state index in [2.05, 4.69) is 15.4 Å². The molecule has 0 spiro atoms. The molecule has 0 fully saturated rings. The zero-order chi connectivity index (χ0) is 22.6. The minimum Gasteiger partial charge on any atom is -0.507 e. The highest BCUT2D eigenvalue weighted by Gasteiger charge is 2.16. The lowest BCUT2D eigenvalue weighted by atomic mass is 10.0. The maximum Gasteiger partial charge on any atom is 0.305 e. The van der Waals surface area contributed by atoms with Gasteiger partial charge in [0.2, 0.25) is 0 Å². The van der Waals surface area contributed by atoms with Crippen LogP contribution >= 0.6 is 0 Å². The average Bonchev–Trinajstić information content (AvgIpc) is 3.18. The Morgan fingerprint density at radius 1 is 1.13 bits per heavy atom. The predicted molar refractivity (Wildman–Crippen MR) is 114 cm³/mol. The molecular weight excluding hydrogens is 400 g/mol. The van der Waals surface area contributed by atoms with Gasteiger partial charge in [0.1, 0.15) is 11.5 Å². The number of carbonyl (C=O) groups is 2. The zero-order valence-corrected chi connectivity index (χ0v) is 18.6. The summed E-state index contributed by atoms with van der Waals surface area (Å²) in [5.41, 5.74) is 0.987. The number of carbonyl (C=O) groups excluding carboxylic acids is 2. The summed E-state index contributed by atoms with van der Waals surface area (Å²) in [5, 5.41) is 22.8. The number of nitrogens with zero attached hydrogens (tertiary/aromatic N) is 4. The highest BCUT2D eigenvalue weighted by atomic mass is 16.5. The largest absolute Gasteiger partial charge is 0.507 e. The second-order valence-electron chi connectivity index (χ2n) is 7.26. The molecule has 0 aliphatic carbocycles. The van der Waals surface area contributed by atoms with E-state index >= 15 is 0 Å². The number of hydrogen-bond acceptors (Lipinski definition) is 8. The Morgan fingerprint density at radius 3 is 2.65 bits per heavy atom. The number of aromatic nitrogens is 4. The number of tetrazole rings is 1. The Balaban J connectivity index is 1.77. The van der Waals surface area contributed by atoms with E-state index in [9.17, 15) is 14.7 Å². The van der Waals surface area contributed by atoms with Crippen molar-refractivity contribution < 1.29 is 24.2 Å². The van der Waals surface area contributed by atoms with Crippen molar-refractivity contribution >= 4 is 11.8 Å². The van der Waals surface area contributed by atoms with Crippen molar-refractivity contribution in [1.29, 1.82) is 0 Å². The van der Waals surface area contributed by atoms with Gasteiger partial charge in [0, 0.05) is 18.4 Å². The van der Waals surface area contributed by atoms with Gasteiger partial charge in [-0.3, -0.25) is 9.59 Å². The van der Waals surface area contributed by atoms with Crippen molar-refractivity contribution in [2.24, 2.45) is 0 Å². The molecule has 31 heavy (non-hydrogen) atoms.